The number of halogens is 1. The highest BCUT2D eigenvalue weighted by Gasteiger charge is 2.24. The minimum absolute atomic E-state index is 0. The van der Waals surface area contributed by atoms with E-state index < -0.39 is 0 Å². The van der Waals surface area contributed by atoms with Crippen LogP contribution in [-0.2, 0) is 15.9 Å². The van der Waals surface area contributed by atoms with Gasteiger partial charge < -0.3 is 24.1 Å². The molecule has 1 unspecified atom stereocenters. The Hall–Kier alpha value is -0.800. The smallest absolute Gasteiger partial charge is 0.193 e. The molecule has 3 heterocycles. The monoisotopic (exact) mass is 531 g/mol. The number of hydrogen-bond donors (Lipinski definition) is 1. The fourth-order valence-electron chi connectivity index (χ4n) is 4.65. The molecule has 4 rings (SSSR count). The molecule has 1 aliphatic carbocycles. The van der Waals surface area contributed by atoms with Gasteiger partial charge >= 0.3 is 0 Å². The minimum Gasteiger partial charge on any atom is -0.469 e. The second kappa shape index (κ2) is 12.9. The third-order valence-corrected chi connectivity index (χ3v) is 6.54. The summed E-state index contributed by atoms with van der Waals surface area (Å²) >= 11 is 0. The molecular weight excluding hydrogens is 493 g/mol. The Morgan fingerprint density at radius 3 is 2.67 bits per heavy atom. The molecular formula is C23H38IN3O3. The van der Waals surface area contributed by atoms with Crippen molar-refractivity contribution >= 4 is 29.9 Å². The van der Waals surface area contributed by atoms with Crippen molar-refractivity contribution in [3.8, 4) is 0 Å². The van der Waals surface area contributed by atoms with Crippen LogP contribution in [0.5, 0.6) is 0 Å². The summed E-state index contributed by atoms with van der Waals surface area (Å²) in [5.74, 6) is 3.42. The number of furan rings is 1. The van der Waals surface area contributed by atoms with Gasteiger partial charge in [-0.2, -0.15) is 0 Å². The van der Waals surface area contributed by atoms with Gasteiger partial charge in [0, 0.05) is 51.7 Å². The molecule has 1 N–H and O–H groups in total. The van der Waals surface area contributed by atoms with E-state index in [0.29, 0.717) is 12.0 Å². The van der Waals surface area contributed by atoms with Gasteiger partial charge in [-0.05, 0) is 50.2 Å². The number of rotatable bonds is 8. The van der Waals surface area contributed by atoms with Crippen molar-refractivity contribution in [3.05, 3.63) is 24.2 Å². The minimum atomic E-state index is 0. The first-order valence-corrected chi connectivity index (χ1v) is 11.6. The summed E-state index contributed by atoms with van der Waals surface area (Å²) in [5.41, 5.74) is 0. The lowest BCUT2D eigenvalue weighted by molar-refractivity contribution is 0.000997. The summed E-state index contributed by atoms with van der Waals surface area (Å²) < 4.78 is 17.2. The number of nitrogens with one attached hydrogen (secondary N) is 1. The molecule has 3 aliphatic rings. The summed E-state index contributed by atoms with van der Waals surface area (Å²) in [4.78, 5) is 7.37. The molecule has 170 valence electrons. The predicted octanol–water partition coefficient (Wildman–Crippen LogP) is 4.09. The van der Waals surface area contributed by atoms with Gasteiger partial charge in [-0.25, -0.2) is 0 Å². The third kappa shape index (κ3) is 7.41. The van der Waals surface area contributed by atoms with Crippen LogP contribution in [0.4, 0.5) is 0 Å². The second-order valence-electron chi connectivity index (χ2n) is 8.82. The molecule has 0 radical (unpaired) electrons. The van der Waals surface area contributed by atoms with Crippen molar-refractivity contribution in [2.75, 3.05) is 46.0 Å². The quantitative estimate of drug-likeness (QED) is 0.311. The van der Waals surface area contributed by atoms with E-state index in [1.807, 2.05) is 12.1 Å². The van der Waals surface area contributed by atoms with Gasteiger partial charge in [-0.3, -0.25) is 4.99 Å². The molecule has 2 saturated heterocycles. The van der Waals surface area contributed by atoms with Crippen molar-refractivity contribution in [3.63, 3.8) is 0 Å². The maximum Gasteiger partial charge on any atom is 0.193 e. The van der Waals surface area contributed by atoms with Crippen molar-refractivity contribution in [2.45, 2.75) is 57.5 Å². The maximum absolute atomic E-state index is 6.25. The van der Waals surface area contributed by atoms with Crippen LogP contribution in [0.1, 0.15) is 50.7 Å². The number of likely N-dealkylation sites (tertiary alicyclic amines) is 1. The Bertz CT molecular complexity index is 605. The Morgan fingerprint density at radius 2 is 1.97 bits per heavy atom. The molecule has 0 bridgehead atoms. The lowest BCUT2D eigenvalue weighted by Gasteiger charge is -2.34. The number of piperidine rings is 1. The van der Waals surface area contributed by atoms with Gasteiger partial charge in [0.1, 0.15) is 5.76 Å². The second-order valence-corrected chi connectivity index (χ2v) is 8.82. The Morgan fingerprint density at radius 1 is 1.13 bits per heavy atom. The van der Waals surface area contributed by atoms with E-state index in [0.717, 1.165) is 89.3 Å². The van der Waals surface area contributed by atoms with Crippen LogP contribution in [0, 0.1) is 11.8 Å². The van der Waals surface area contributed by atoms with E-state index in [1.54, 1.807) is 6.26 Å². The molecule has 1 atom stereocenters. The number of hydrogen-bond acceptors (Lipinski definition) is 4. The van der Waals surface area contributed by atoms with Crippen LogP contribution in [0.15, 0.2) is 27.8 Å². The number of nitrogens with zero attached hydrogens (tertiary/aromatic N) is 2. The van der Waals surface area contributed by atoms with E-state index in [2.05, 4.69) is 10.2 Å². The average molecular weight is 531 g/mol. The first kappa shape index (κ1) is 23.9. The molecule has 0 spiro atoms. The summed E-state index contributed by atoms with van der Waals surface area (Å²) in [7, 11) is 0. The molecule has 1 aromatic rings. The van der Waals surface area contributed by atoms with Gasteiger partial charge in [0.2, 0.25) is 0 Å². The Labute approximate surface area is 198 Å². The Balaban J connectivity index is 0.00000256. The number of aliphatic imine (C=N–C) groups is 1. The normalized spacial score (nSPS) is 23.7. The van der Waals surface area contributed by atoms with Crippen LogP contribution in [-0.4, -0.2) is 63.0 Å². The van der Waals surface area contributed by atoms with E-state index in [4.69, 9.17) is 18.9 Å². The fourth-order valence-corrected chi connectivity index (χ4v) is 4.65. The number of ether oxygens (including phenoxy) is 2. The highest BCUT2D eigenvalue weighted by molar-refractivity contribution is 14.0. The van der Waals surface area contributed by atoms with Crippen molar-refractivity contribution < 1.29 is 13.9 Å². The van der Waals surface area contributed by atoms with Gasteiger partial charge in [0.05, 0.1) is 19.0 Å². The molecule has 0 amide bonds. The van der Waals surface area contributed by atoms with Gasteiger partial charge in [-0.1, -0.05) is 12.8 Å². The van der Waals surface area contributed by atoms with Crippen LogP contribution in [0.25, 0.3) is 0 Å². The zero-order chi connectivity index (χ0) is 19.7. The highest BCUT2D eigenvalue weighted by atomic mass is 127. The average Bonchev–Trinajstić information content (AvgIpc) is 3.53. The van der Waals surface area contributed by atoms with Crippen molar-refractivity contribution in [2.24, 2.45) is 16.8 Å². The van der Waals surface area contributed by atoms with E-state index >= 15 is 0 Å². The molecule has 1 aromatic heterocycles. The van der Waals surface area contributed by atoms with Crippen molar-refractivity contribution in [1.82, 2.24) is 10.2 Å². The van der Waals surface area contributed by atoms with Gasteiger partial charge in [0.25, 0.3) is 0 Å². The molecule has 1 saturated carbocycles. The molecule has 3 fully saturated rings. The molecule has 6 nitrogen and oxygen atoms in total. The lowest BCUT2D eigenvalue weighted by atomic mass is 10.1. The van der Waals surface area contributed by atoms with Crippen LogP contribution in [0.2, 0.25) is 0 Å². The van der Waals surface area contributed by atoms with Crippen LogP contribution < -0.4 is 5.32 Å². The van der Waals surface area contributed by atoms with Crippen LogP contribution in [0.3, 0.4) is 0 Å². The maximum atomic E-state index is 6.25. The zero-order valence-electron chi connectivity index (χ0n) is 18.1. The highest BCUT2D eigenvalue weighted by Crippen LogP contribution is 2.26. The third-order valence-electron chi connectivity index (χ3n) is 6.54. The molecule has 2 aliphatic heterocycles. The van der Waals surface area contributed by atoms with E-state index in [1.165, 1.54) is 25.7 Å². The summed E-state index contributed by atoms with van der Waals surface area (Å²) in [6, 6.07) is 3.97. The summed E-state index contributed by atoms with van der Waals surface area (Å²) in [5, 5.41) is 3.58. The topological polar surface area (TPSA) is 59.2 Å². The van der Waals surface area contributed by atoms with E-state index in [9.17, 15) is 0 Å². The van der Waals surface area contributed by atoms with Crippen LogP contribution >= 0.6 is 24.0 Å². The largest absolute Gasteiger partial charge is 0.469 e. The first-order chi connectivity index (χ1) is 14.4. The standard InChI is InChI=1S/C23H37N3O3.HI/c1-2-5-19(4-1)18-29-22-8-12-26(13-9-22)23(25-16-20-10-15-27-17-20)24-11-7-21-6-3-14-28-21;/h3,6,14,19-20,22H,1-2,4-5,7-13,15-18H2,(H,24,25);1H. The molecule has 0 aromatic carbocycles. The summed E-state index contributed by atoms with van der Waals surface area (Å²) in [6.07, 6.45) is 11.8. The number of guanidine groups is 1. The first-order valence-electron chi connectivity index (χ1n) is 11.6. The van der Waals surface area contributed by atoms with Crippen molar-refractivity contribution in [1.29, 1.82) is 0 Å². The summed E-state index contributed by atoms with van der Waals surface area (Å²) in [6.45, 7) is 6.42. The van der Waals surface area contributed by atoms with Gasteiger partial charge in [0.15, 0.2) is 5.96 Å². The SMILES string of the molecule is I.c1coc(CCNC(=NCC2CCOC2)N2CCC(OCC3CCCC3)CC2)c1. The fraction of sp³-hybridized carbons (Fsp3) is 0.783. The zero-order valence-corrected chi connectivity index (χ0v) is 20.4. The molecule has 30 heavy (non-hydrogen) atoms. The van der Waals surface area contributed by atoms with Gasteiger partial charge in [-0.15, -0.1) is 24.0 Å². The lowest BCUT2D eigenvalue weighted by Crippen LogP contribution is -2.47. The Kier molecular flexibility index (Phi) is 10.3. The van der Waals surface area contributed by atoms with E-state index in [-0.39, 0.29) is 24.0 Å². The predicted molar refractivity (Wildman–Crippen MR) is 130 cm³/mol. The molecule has 7 heteroatoms.